The number of aryl methyl sites for hydroxylation is 2. The van der Waals surface area contributed by atoms with E-state index in [1.807, 2.05) is 44.2 Å². The second-order valence-electron chi connectivity index (χ2n) is 4.99. The van der Waals surface area contributed by atoms with Crippen molar-refractivity contribution in [2.24, 2.45) is 0 Å². The first-order valence-electron chi connectivity index (χ1n) is 6.12. The molecule has 1 heterocycles. The van der Waals surface area contributed by atoms with Gasteiger partial charge in [-0.25, -0.2) is 8.42 Å². The third kappa shape index (κ3) is 1.67. The normalized spacial score (nSPS) is 15.8. The number of nitrogens with zero attached hydrogens (tertiary/aromatic N) is 1. The highest BCUT2D eigenvalue weighted by Gasteiger charge is 2.32. The third-order valence-corrected chi connectivity index (χ3v) is 5.37. The van der Waals surface area contributed by atoms with Crippen molar-refractivity contribution < 1.29 is 8.42 Å². The lowest BCUT2D eigenvalue weighted by Gasteiger charge is -2.29. The van der Waals surface area contributed by atoms with E-state index in [0.29, 0.717) is 4.90 Å². The zero-order chi connectivity index (χ0) is 13.8. The van der Waals surface area contributed by atoms with Crippen molar-refractivity contribution in [2.75, 3.05) is 11.4 Å². The highest BCUT2D eigenvalue weighted by atomic mass is 32.2. The minimum absolute atomic E-state index is 0.395. The van der Waals surface area contributed by atoms with Crippen LogP contribution in [0.5, 0.6) is 0 Å². The highest BCUT2D eigenvalue weighted by molar-refractivity contribution is 7.93. The van der Waals surface area contributed by atoms with Gasteiger partial charge in [0.1, 0.15) is 0 Å². The van der Waals surface area contributed by atoms with Gasteiger partial charge in [0.05, 0.1) is 10.6 Å². The average Bonchev–Trinajstić information content (AvgIpc) is 2.37. The highest BCUT2D eigenvalue weighted by Crippen LogP contribution is 2.42. The number of anilines is 1. The van der Waals surface area contributed by atoms with Crippen LogP contribution in [0.2, 0.25) is 0 Å². The zero-order valence-electron chi connectivity index (χ0n) is 11.1. The summed E-state index contributed by atoms with van der Waals surface area (Å²) >= 11 is 0. The fourth-order valence-corrected chi connectivity index (χ4v) is 3.97. The van der Waals surface area contributed by atoms with Gasteiger partial charge >= 0.3 is 0 Å². The van der Waals surface area contributed by atoms with Gasteiger partial charge in [-0.2, -0.15) is 0 Å². The van der Waals surface area contributed by atoms with Gasteiger partial charge in [-0.15, -0.1) is 0 Å². The lowest BCUT2D eigenvalue weighted by atomic mass is 10.0. The lowest BCUT2D eigenvalue weighted by Crippen LogP contribution is -2.30. The molecule has 3 nitrogen and oxygen atoms in total. The van der Waals surface area contributed by atoms with Crippen LogP contribution >= 0.6 is 0 Å². The van der Waals surface area contributed by atoms with E-state index in [1.54, 1.807) is 13.1 Å². The standard InChI is InChI=1S/C15H15NO2S/c1-10-4-6-12-13-7-5-11(2)9-15(13)19(17,18)16(3)14(12)8-10/h4-9H,1-3H3. The van der Waals surface area contributed by atoms with Crippen LogP contribution in [0.4, 0.5) is 5.69 Å². The lowest BCUT2D eigenvalue weighted by molar-refractivity contribution is 0.594. The molecule has 0 aliphatic carbocycles. The van der Waals surface area contributed by atoms with Gasteiger partial charge < -0.3 is 0 Å². The fraction of sp³-hybridized carbons (Fsp3) is 0.200. The zero-order valence-corrected chi connectivity index (χ0v) is 12.0. The summed E-state index contributed by atoms with van der Waals surface area (Å²) in [6.45, 7) is 3.87. The van der Waals surface area contributed by atoms with Crippen molar-refractivity contribution in [1.29, 1.82) is 0 Å². The Labute approximate surface area is 113 Å². The van der Waals surface area contributed by atoms with E-state index in [-0.39, 0.29) is 0 Å². The summed E-state index contributed by atoms with van der Waals surface area (Å²) in [6, 6.07) is 11.5. The number of rotatable bonds is 0. The predicted octanol–water partition coefficient (Wildman–Crippen LogP) is 3.11. The first-order valence-corrected chi connectivity index (χ1v) is 7.56. The number of fused-ring (bicyclic) bond motifs is 3. The molecule has 1 aliphatic heterocycles. The molecule has 0 amide bonds. The van der Waals surface area contributed by atoms with Crippen molar-refractivity contribution in [3.8, 4) is 11.1 Å². The van der Waals surface area contributed by atoms with Crippen LogP contribution in [0, 0.1) is 13.8 Å². The summed E-state index contributed by atoms with van der Waals surface area (Å²) in [6.07, 6.45) is 0. The molecule has 3 rings (SSSR count). The molecular weight excluding hydrogens is 258 g/mol. The Morgan fingerprint density at radius 2 is 1.47 bits per heavy atom. The first-order chi connectivity index (χ1) is 8.91. The SMILES string of the molecule is Cc1ccc2c(c1)N(C)S(=O)(=O)c1cc(C)ccc1-2. The van der Waals surface area contributed by atoms with Crippen molar-refractivity contribution >= 4 is 15.7 Å². The summed E-state index contributed by atoms with van der Waals surface area (Å²) in [4.78, 5) is 0.395. The largest absolute Gasteiger partial charge is 0.269 e. The van der Waals surface area contributed by atoms with Crippen LogP contribution in [0.15, 0.2) is 41.3 Å². The Hall–Kier alpha value is -1.81. The van der Waals surface area contributed by atoms with E-state index in [2.05, 4.69) is 0 Å². The maximum Gasteiger partial charge on any atom is 0.264 e. The monoisotopic (exact) mass is 273 g/mol. The molecule has 0 atom stereocenters. The van der Waals surface area contributed by atoms with Gasteiger partial charge in [-0.05, 0) is 37.1 Å². The first kappa shape index (κ1) is 12.2. The van der Waals surface area contributed by atoms with Crippen molar-refractivity contribution in [3.05, 3.63) is 47.5 Å². The molecule has 98 valence electrons. The molecule has 0 N–H and O–H groups in total. The topological polar surface area (TPSA) is 37.4 Å². The molecule has 1 aliphatic rings. The average molecular weight is 273 g/mol. The maximum absolute atomic E-state index is 12.6. The number of benzene rings is 2. The van der Waals surface area contributed by atoms with Crippen LogP contribution in [0.25, 0.3) is 11.1 Å². The van der Waals surface area contributed by atoms with Gasteiger partial charge in [0.15, 0.2) is 0 Å². The van der Waals surface area contributed by atoms with E-state index < -0.39 is 10.0 Å². The number of sulfonamides is 1. The van der Waals surface area contributed by atoms with Crippen LogP contribution < -0.4 is 4.31 Å². The number of hydrogen-bond acceptors (Lipinski definition) is 2. The Balaban J connectivity index is 2.44. The van der Waals surface area contributed by atoms with Gasteiger partial charge in [-0.1, -0.05) is 24.3 Å². The van der Waals surface area contributed by atoms with E-state index in [9.17, 15) is 8.42 Å². The van der Waals surface area contributed by atoms with Crippen LogP contribution in [0.1, 0.15) is 11.1 Å². The minimum Gasteiger partial charge on any atom is -0.269 e. The van der Waals surface area contributed by atoms with Crippen molar-refractivity contribution in [3.63, 3.8) is 0 Å². The summed E-state index contributed by atoms with van der Waals surface area (Å²) in [7, 11) is -1.83. The Bertz CT molecular complexity index is 779. The maximum atomic E-state index is 12.6. The van der Waals surface area contributed by atoms with Gasteiger partial charge in [0.2, 0.25) is 0 Å². The Morgan fingerprint density at radius 3 is 2.16 bits per heavy atom. The Kier molecular flexibility index (Phi) is 2.47. The Morgan fingerprint density at radius 1 is 0.895 bits per heavy atom. The van der Waals surface area contributed by atoms with Crippen LogP contribution in [0.3, 0.4) is 0 Å². The summed E-state index contributed by atoms with van der Waals surface area (Å²) in [5.74, 6) is 0. The van der Waals surface area contributed by atoms with E-state index >= 15 is 0 Å². The van der Waals surface area contributed by atoms with Crippen LogP contribution in [-0.2, 0) is 10.0 Å². The minimum atomic E-state index is -3.44. The second-order valence-corrected chi connectivity index (χ2v) is 6.93. The molecule has 0 spiro atoms. The van der Waals surface area contributed by atoms with Gasteiger partial charge in [0, 0.05) is 18.2 Å². The predicted molar refractivity (Wildman–Crippen MR) is 76.9 cm³/mol. The molecule has 2 aromatic rings. The third-order valence-electron chi connectivity index (χ3n) is 3.56. The van der Waals surface area contributed by atoms with Crippen molar-refractivity contribution in [1.82, 2.24) is 0 Å². The molecule has 2 aromatic carbocycles. The van der Waals surface area contributed by atoms with Crippen molar-refractivity contribution in [2.45, 2.75) is 18.7 Å². The molecule has 0 saturated heterocycles. The summed E-state index contributed by atoms with van der Waals surface area (Å²) < 4.78 is 26.5. The molecule has 0 radical (unpaired) electrons. The van der Waals surface area contributed by atoms with Crippen LogP contribution in [-0.4, -0.2) is 15.5 Å². The molecule has 0 fully saturated rings. The fourth-order valence-electron chi connectivity index (χ4n) is 2.47. The molecule has 0 aromatic heterocycles. The van der Waals surface area contributed by atoms with Gasteiger partial charge in [0.25, 0.3) is 10.0 Å². The molecule has 0 saturated carbocycles. The number of hydrogen-bond donors (Lipinski definition) is 0. The second kappa shape index (κ2) is 3.84. The molecule has 0 bridgehead atoms. The molecular formula is C15H15NO2S. The van der Waals surface area contributed by atoms with Gasteiger partial charge in [-0.3, -0.25) is 4.31 Å². The van der Waals surface area contributed by atoms with E-state index in [4.69, 9.17) is 0 Å². The quantitative estimate of drug-likeness (QED) is 0.739. The summed E-state index contributed by atoms with van der Waals surface area (Å²) in [5.41, 5.74) is 4.51. The summed E-state index contributed by atoms with van der Waals surface area (Å²) in [5, 5.41) is 0. The molecule has 0 unspecified atom stereocenters. The van der Waals surface area contributed by atoms with E-state index in [1.165, 1.54) is 4.31 Å². The molecule has 4 heteroatoms. The smallest absolute Gasteiger partial charge is 0.264 e. The van der Waals surface area contributed by atoms with E-state index in [0.717, 1.165) is 27.9 Å². The molecule has 19 heavy (non-hydrogen) atoms.